The van der Waals surface area contributed by atoms with Gasteiger partial charge in [0.05, 0.1) is 0 Å². The van der Waals surface area contributed by atoms with E-state index in [1.807, 2.05) is 6.08 Å². The van der Waals surface area contributed by atoms with E-state index in [2.05, 4.69) is 20.8 Å². The van der Waals surface area contributed by atoms with E-state index in [0.717, 1.165) is 38.5 Å². The number of ketones is 2. The van der Waals surface area contributed by atoms with Crippen molar-refractivity contribution in [2.45, 2.75) is 59.3 Å². The van der Waals surface area contributed by atoms with Crippen molar-refractivity contribution in [3.8, 4) is 0 Å². The Bertz CT molecular complexity index is 560. The summed E-state index contributed by atoms with van der Waals surface area (Å²) in [4.78, 5) is 24.3. The molecule has 2 nitrogen and oxygen atoms in total. The summed E-state index contributed by atoms with van der Waals surface area (Å²) in [5.74, 6) is 4.69. The van der Waals surface area contributed by atoms with Crippen molar-refractivity contribution in [1.29, 1.82) is 0 Å². The number of allylic oxidation sites excluding steroid dienone is 1. The highest BCUT2D eigenvalue weighted by atomic mass is 16.1. The standard InChI is InChI=1S/C20H28O2/c1-11-8-13-9-14(21)4-5-15(13)18-12(2)10-20(3)16(19(11)18)6-7-17(20)22/h9,11-12,15-16,18-19H,4-8,10H2,1-3H3/t11?,12?,15-,16-,18+,19-,20-/m0/s1. The van der Waals surface area contributed by atoms with Gasteiger partial charge in [-0.25, -0.2) is 0 Å². The number of rotatable bonds is 0. The molecule has 0 spiro atoms. The van der Waals surface area contributed by atoms with Crippen molar-refractivity contribution < 1.29 is 9.59 Å². The molecule has 0 heterocycles. The average molecular weight is 300 g/mol. The van der Waals surface area contributed by atoms with Gasteiger partial charge >= 0.3 is 0 Å². The molecule has 0 bridgehead atoms. The van der Waals surface area contributed by atoms with Gasteiger partial charge in [-0.3, -0.25) is 9.59 Å². The minimum atomic E-state index is -0.0550. The molecule has 3 saturated carbocycles. The normalized spacial score (nSPS) is 51.0. The summed E-state index contributed by atoms with van der Waals surface area (Å²) in [5, 5.41) is 0. The van der Waals surface area contributed by atoms with Crippen molar-refractivity contribution in [2.24, 2.45) is 40.9 Å². The van der Waals surface area contributed by atoms with Crippen LogP contribution in [0.25, 0.3) is 0 Å². The number of hydrogen-bond acceptors (Lipinski definition) is 2. The molecule has 2 heteroatoms. The monoisotopic (exact) mass is 300 g/mol. The second kappa shape index (κ2) is 4.79. The smallest absolute Gasteiger partial charge is 0.155 e. The van der Waals surface area contributed by atoms with Crippen molar-refractivity contribution in [2.75, 3.05) is 0 Å². The molecule has 22 heavy (non-hydrogen) atoms. The minimum absolute atomic E-state index is 0.0550. The summed E-state index contributed by atoms with van der Waals surface area (Å²) >= 11 is 0. The third kappa shape index (κ3) is 1.85. The van der Waals surface area contributed by atoms with Gasteiger partial charge in [0.15, 0.2) is 5.78 Å². The largest absolute Gasteiger partial charge is 0.299 e. The van der Waals surface area contributed by atoms with Crippen molar-refractivity contribution >= 4 is 11.6 Å². The lowest BCUT2D eigenvalue weighted by Gasteiger charge is -2.57. The van der Waals surface area contributed by atoms with E-state index in [4.69, 9.17) is 0 Å². The van der Waals surface area contributed by atoms with Crippen molar-refractivity contribution in [1.82, 2.24) is 0 Å². The Morgan fingerprint density at radius 2 is 1.82 bits per heavy atom. The quantitative estimate of drug-likeness (QED) is 0.672. The van der Waals surface area contributed by atoms with Gasteiger partial charge in [0.1, 0.15) is 5.78 Å². The molecular formula is C20H28O2. The van der Waals surface area contributed by atoms with Gasteiger partial charge in [-0.1, -0.05) is 26.3 Å². The zero-order valence-corrected chi connectivity index (χ0v) is 14.1. The topological polar surface area (TPSA) is 34.1 Å². The lowest BCUT2D eigenvalue weighted by Crippen LogP contribution is -2.52. The molecule has 0 aromatic rings. The van der Waals surface area contributed by atoms with Crippen LogP contribution in [0.4, 0.5) is 0 Å². The fraction of sp³-hybridized carbons (Fsp3) is 0.800. The number of carbonyl (C=O) groups is 2. The third-order valence-electron chi connectivity index (χ3n) is 7.65. The van der Waals surface area contributed by atoms with Crippen LogP contribution in [0.15, 0.2) is 11.6 Å². The van der Waals surface area contributed by atoms with E-state index in [-0.39, 0.29) is 5.41 Å². The first kappa shape index (κ1) is 14.7. The lowest BCUT2D eigenvalue weighted by molar-refractivity contribution is -0.136. The van der Waals surface area contributed by atoms with Gasteiger partial charge in [0.2, 0.25) is 0 Å². The Morgan fingerprint density at radius 1 is 1.05 bits per heavy atom. The summed E-state index contributed by atoms with van der Waals surface area (Å²) in [6.07, 6.45) is 7.84. The number of hydrogen-bond donors (Lipinski definition) is 0. The SMILES string of the molecule is CC1CC2=CC(=O)CC[C@@H]2[C@H]2C(C)C[C@]3(C)C(=O)CC[C@H]3[C@H]12. The second-order valence-electron chi connectivity index (χ2n) is 8.83. The fourth-order valence-corrected chi connectivity index (χ4v) is 6.90. The summed E-state index contributed by atoms with van der Waals surface area (Å²) in [6.45, 7) is 6.99. The highest BCUT2D eigenvalue weighted by molar-refractivity contribution is 5.91. The molecule has 0 aromatic carbocycles. The summed E-state index contributed by atoms with van der Waals surface area (Å²) in [5.41, 5.74) is 1.38. The van der Waals surface area contributed by atoms with Crippen LogP contribution in [0.5, 0.6) is 0 Å². The van der Waals surface area contributed by atoms with Crippen LogP contribution in [0.2, 0.25) is 0 Å². The molecule has 3 fully saturated rings. The van der Waals surface area contributed by atoms with E-state index in [1.165, 1.54) is 5.57 Å². The van der Waals surface area contributed by atoms with Gasteiger partial charge in [0, 0.05) is 18.3 Å². The number of fused-ring (bicyclic) bond motifs is 5. The average Bonchev–Trinajstić information content (AvgIpc) is 2.74. The molecular weight excluding hydrogens is 272 g/mol. The zero-order chi connectivity index (χ0) is 15.6. The van der Waals surface area contributed by atoms with Gasteiger partial charge < -0.3 is 0 Å². The van der Waals surface area contributed by atoms with Gasteiger partial charge in [-0.15, -0.1) is 0 Å². The predicted molar refractivity (Wildman–Crippen MR) is 86.2 cm³/mol. The molecule has 0 radical (unpaired) electrons. The second-order valence-corrected chi connectivity index (χ2v) is 8.83. The summed E-state index contributed by atoms with van der Waals surface area (Å²) in [7, 11) is 0. The Hall–Kier alpha value is -0.920. The molecule has 2 unspecified atom stereocenters. The first-order valence-corrected chi connectivity index (χ1v) is 9.18. The zero-order valence-electron chi connectivity index (χ0n) is 14.1. The number of carbonyl (C=O) groups excluding carboxylic acids is 2. The fourth-order valence-electron chi connectivity index (χ4n) is 6.90. The molecule has 4 rings (SSSR count). The molecule has 0 aromatic heterocycles. The molecule has 7 atom stereocenters. The van der Waals surface area contributed by atoms with Crippen molar-refractivity contribution in [3.63, 3.8) is 0 Å². The van der Waals surface area contributed by atoms with Crippen LogP contribution in [0.1, 0.15) is 59.3 Å². The maximum absolute atomic E-state index is 12.5. The molecule has 4 aliphatic rings. The molecule has 0 amide bonds. The van der Waals surface area contributed by atoms with E-state index >= 15 is 0 Å². The molecule has 4 aliphatic carbocycles. The lowest BCUT2D eigenvalue weighted by atomic mass is 9.47. The molecule has 0 aliphatic heterocycles. The van der Waals surface area contributed by atoms with Gasteiger partial charge in [0.25, 0.3) is 0 Å². The first-order chi connectivity index (χ1) is 10.4. The first-order valence-electron chi connectivity index (χ1n) is 9.18. The van der Waals surface area contributed by atoms with Crippen molar-refractivity contribution in [3.05, 3.63) is 11.6 Å². The van der Waals surface area contributed by atoms with Crippen LogP contribution >= 0.6 is 0 Å². The van der Waals surface area contributed by atoms with Crippen LogP contribution < -0.4 is 0 Å². The summed E-state index contributed by atoms with van der Waals surface area (Å²) < 4.78 is 0. The third-order valence-corrected chi connectivity index (χ3v) is 7.65. The maximum Gasteiger partial charge on any atom is 0.155 e. The minimum Gasteiger partial charge on any atom is -0.299 e. The van der Waals surface area contributed by atoms with Crippen LogP contribution in [0, 0.1) is 40.9 Å². The van der Waals surface area contributed by atoms with Crippen LogP contribution in [0.3, 0.4) is 0 Å². The molecule has 120 valence electrons. The highest BCUT2D eigenvalue weighted by Gasteiger charge is 2.59. The molecule has 0 N–H and O–H groups in total. The van der Waals surface area contributed by atoms with E-state index in [9.17, 15) is 9.59 Å². The Morgan fingerprint density at radius 3 is 2.59 bits per heavy atom. The van der Waals surface area contributed by atoms with E-state index in [1.54, 1.807) is 0 Å². The van der Waals surface area contributed by atoms with E-state index in [0.29, 0.717) is 47.1 Å². The van der Waals surface area contributed by atoms with Crippen LogP contribution in [-0.4, -0.2) is 11.6 Å². The predicted octanol–water partition coefficient (Wildman–Crippen LogP) is 4.19. The van der Waals surface area contributed by atoms with E-state index < -0.39 is 0 Å². The van der Waals surface area contributed by atoms with Gasteiger partial charge in [-0.2, -0.15) is 0 Å². The Labute approximate surface area is 133 Å². The Balaban J connectivity index is 1.74. The Kier molecular flexibility index (Phi) is 3.19. The van der Waals surface area contributed by atoms with Crippen LogP contribution in [-0.2, 0) is 9.59 Å². The highest BCUT2D eigenvalue weighted by Crippen LogP contribution is 2.63. The summed E-state index contributed by atoms with van der Waals surface area (Å²) in [6, 6.07) is 0. The van der Waals surface area contributed by atoms with Gasteiger partial charge in [-0.05, 0) is 67.3 Å². The molecule has 0 saturated heterocycles. The maximum atomic E-state index is 12.5. The number of Topliss-reactive ketones (excluding diaryl/α,β-unsaturated/α-hetero) is 1.